The Balaban J connectivity index is 1.45. The van der Waals surface area contributed by atoms with E-state index in [1.54, 1.807) is 12.1 Å². The van der Waals surface area contributed by atoms with E-state index in [2.05, 4.69) is 9.80 Å². The van der Waals surface area contributed by atoms with Crippen molar-refractivity contribution in [2.45, 2.75) is 19.9 Å². The molecule has 0 unspecified atom stereocenters. The van der Waals surface area contributed by atoms with E-state index in [0.29, 0.717) is 6.54 Å². The fraction of sp³-hybridized carbons (Fsp3) is 0.318. The van der Waals surface area contributed by atoms with Gasteiger partial charge in [0.05, 0.1) is 11.9 Å². The number of nitrogens with zero attached hydrogens (tertiary/aromatic N) is 4. The van der Waals surface area contributed by atoms with Gasteiger partial charge in [0, 0.05) is 44.1 Å². The van der Waals surface area contributed by atoms with Crippen LogP contribution in [0.3, 0.4) is 0 Å². The average Bonchev–Trinajstić information content (AvgIpc) is 3.03. The monoisotopic (exact) mass is 394 g/mol. The Morgan fingerprint density at radius 3 is 1.79 bits per heavy atom. The van der Waals surface area contributed by atoms with Gasteiger partial charge in [0.1, 0.15) is 5.75 Å². The van der Waals surface area contributed by atoms with E-state index in [4.69, 9.17) is 0 Å². The molecule has 1 aliphatic rings. The predicted molar refractivity (Wildman–Crippen MR) is 115 cm³/mol. The van der Waals surface area contributed by atoms with Crippen LogP contribution in [0.15, 0.2) is 59.5 Å². The van der Waals surface area contributed by atoms with Gasteiger partial charge in [-0.25, -0.2) is 4.79 Å². The van der Waals surface area contributed by atoms with Crippen molar-refractivity contribution in [3.8, 4) is 17.3 Å². The molecule has 7 nitrogen and oxygen atoms in total. The van der Waals surface area contributed by atoms with Crippen LogP contribution in [0, 0.1) is 0 Å². The van der Waals surface area contributed by atoms with Crippen LogP contribution in [0.25, 0.3) is 5.69 Å². The first-order valence-electron chi connectivity index (χ1n) is 9.97. The van der Waals surface area contributed by atoms with Gasteiger partial charge in [-0.3, -0.25) is 9.13 Å². The van der Waals surface area contributed by atoms with Crippen molar-refractivity contribution >= 4 is 11.4 Å². The van der Waals surface area contributed by atoms with Crippen molar-refractivity contribution in [2.24, 2.45) is 0 Å². The molecule has 29 heavy (non-hydrogen) atoms. The van der Waals surface area contributed by atoms with E-state index < -0.39 is 0 Å². The van der Waals surface area contributed by atoms with Crippen LogP contribution in [0.2, 0.25) is 0 Å². The highest BCUT2D eigenvalue weighted by Gasteiger charge is 2.18. The molecule has 3 aromatic rings. The largest absolute Gasteiger partial charge is 0.508 e. The number of aromatic hydroxyl groups is 2. The number of rotatable bonds is 5. The Hall–Kier alpha value is -3.35. The van der Waals surface area contributed by atoms with Gasteiger partial charge in [-0.2, -0.15) is 0 Å². The maximum absolute atomic E-state index is 12.5. The minimum absolute atomic E-state index is 0.00807. The van der Waals surface area contributed by atoms with Crippen molar-refractivity contribution < 1.29 is 10.2 Å². The molecule has 1 saturated heterocycles. The number of imidazole rings is 1. The van der Waals surface area contributed by atoms with Gasteiger partial charge in [-0.1, -0.05) is 6.92 Å². The molecule has 0 spiro atoms. The molecular weight excluding hydrogens is 368 g/mol. The number of hydrogen-bond donors (Lipinski definition) is 2. The van der Waals surface area contributed by atoms with Crippen molar-refractivity contribution in [1.29, 1.82) is 0 Å². The minimum atomic E-state index is -0.223. The molecule has 7 heteroatoms. The van der Waals surface area contributed by atoms with Gasteiger partial charge in [-0.05, 0) is 55.0 Å². The normalized spacial score (nSPS) is 14.4. The van der Waals surface area contributed by atoms with E-state index in [-0.39, 0.29) is 17.3 Å². The van der Waals surface area contributed by atoms with E-state index in [1.165, 1.54) is 15.3 Å². The third-order valence-corrected chi connectivity index (χ3v) is 5.39. The smallest absolute Gasteiger partial charge is 0.335 e. The Morgan fingerprint density at radius 1 is 0.793 bits per heavy atom. The molecule has 0 atom stereocenters. The molecule has 2 aromatic carbocycles. The average molecular weight is 394 g/mol. The first-order chi connectivity index (χ1) is 14.1. The highest BCUT2D eigenvalue weighted by Crippen LogP contribution is 2.23. The molecule has 0 bridgehead atoms. The number of phenols is 1. The van der Waals surface area contributed by atoms with Gasteiger partial charge in [0.15, 0.2) is 0 Å². The highest BCUT2D eigenvalue weighted by molar-refractivity contribution is 5.54. The molecule has 0 amide bonds. The number of phenolic OH excluding ortho intramolecular Hbond substituents is 1. The summed E-state index contributed by atoms with van der Waals surface area (Å²) in [7, 11) is 0. The van der Waals surface area contributed by atoms with Crippen LogP contribution < -0.4 is 15.5 Å². The predicted octanol–water partition coefficient (Wildman–Crippen LogP) is 2.79. The van der Waals surface area contributed by atoms with Crippen molar-refractivity contribution in [3.05, 3.63) is 65.2 Å². The fourth-order valence-corrected chi connectivity index (χ4v) is 3.80. The second-order valence-electron chi connectivity index (χ2n) is 7.30. The zero-order valence-electron chi connectivity index (χ0n) is 16.5. The lowest BCUT2D eigenvalue weighted by atomic mass is 10.2. The van der Waals surface area contributed by atoms with Crippen LogP contribution in [-0.2, 0) is 6.54 Å². The molecule has 4 rings (SSSR count). The SMILES string of the molecule is CCCn1c(O)cn(-c2ccc(N3CCN(c4ccc(O)cc4)CC3)cc2)c1=O. The summed E-state index contributed by atoms with van der Waals surface area (Å²) >= 11 is 0. The molecule has 2 heterocycles. The quantitative estimate of drug-likeness (QED) is 0.696. The Labute approximate surface area is 169 Å². The maximum Gasteiger partial charge on any atom is 0.335 e. The molecule has 1 fully saturated rings. The summed E-state index contributed by atoms with van der Waals surface area (Å²) in [4.78, 5) is 17.1. The lowest BCUT2D eigenvalue weighted by Crippen LogP contribution is -2.46. The van der Waals surface area contributed by atoms with Crippen molar-refractivity contribution in [2.75, 3.05) is 36.0 Å². The first kappa shape index (κ1) is 19.0. The van der Waals surface area contributed by atoms with Crippen LogP contribution in [0.1, 0.15) is 13.3 Å². The molecule has 0 radical (unpaired) electrons. The summed E-state index contributed by atoms with van der Waals surface area (Å²) in [6, 6.07) is 15.2. The second-order valence-corrected chi connectivity index (χ2v) is 7.30. The Bertz CT molecular complexity index is 1010. The second kappa shape index (κ2) is 7.95. The van der Waals surface area contributed by atoms with Crippen LogP contribution >= 0.6 is 0 Å². The van der Waals surface area contributed by atoms with Gasteiger partial charge in [-0.15, -0.1) is 0 Å². The zero-order chi connectivity index (χ0) is 20.4. The summed E-state index contributed by atoms with van der Waals surface area (Å²) < 4.78 is 2.87. The summed E-state index contributed by atoms with van der Waals surface area (Å²) in [6.45, 7) is 6.07. The van der Waals surface area contributed by atoms with Gasteiger partial charge in [0.2, 0.25) is 5.88 Å². The standard InChI is InChI=1S/C22H26N4O3/c1-2-11-25-21(28)16-26(22(25)29)19-5-3-17(4-6-19)23-12-14-24(15-13-23)18-7-9-20(27)10-8-18/h3-10,16,27-28H,2,11-15H2,1H3. The molecule has 0 saturated carbocycles. The highest BCUT2D eigenvalue weighted by atomic mass is 16.3. The lowest BCUT2D eigenvalue weighted by molar-refractivity contribution is 0.412. The fourth-order valence-electron chi connectivity index (χ4n) is 3.80. The molecule has 1 aliphatic heterocycles. The number of piperazine rings is 1. The van der Waals surface area contributed by atoms with Gasteiger partial charge < -0.3 is 20.0 Å². The van der Waals surface area contributed by atoms with Crippen LogP contribution in [0.4, 0.5) is 11.4 Å². The van der Waals surface area contributed by atoms with Crippen molar-refractivity contribution in [3.63, 3.8) is 0 Å². The Morgan fingerprint density at radius 2 is 1.28 bits per heavy atom. The van der Waals surface area contributed by atoms with Crippen LogP contribution in [-0.4, -0.2) is 45.5 Å². The molecule has 1 aromatic heterocycles. The summed E-state index contributed by atoms with van der Waals surface area (Å²) in [6.07, 6.45) is 2.26. The summed E-state index contributed by atoms with van der Waals surface area (Å²) in [5.41, 5.74) is 2.75. The minimum Gasteiger partial charge on any atom is -0.508 e. The van der Waals surface area contributed by atoms with E-state index in [1.807, 2.05) is 43.3 Å². The number of benzene rings is 2. The Kier molecular flexibility index (Phi) is 5.20. The van der Waals surface area contributed by atoms with Crippen LogP contribution in [0.5, 0.6) is 11.6 Å². The van der Waals surface area contributed by atoms with E-state index >= 15 is 0 Å². The molecule has 152 valence electrons. The zero-order valence-corrected chi connectivity index (χ0v) is 16.5. The van der Waals surface area contributed by atoms with Gasteiger partial charge >= 0.3 is 5.69 Å². The van der Waals surface area contributed by atoms with E-state index in [9.17, 15) is 15.0 Å². The topological polar surface area (TPSA) is 73.9 Å². The summed E-state index contributed by atoms with van der Waals surface area (Å²) in [5.74, 6) is 0.274. The molecule has 0 aliphatic carbocycles. The van der Waals surface area contributed by atoms with Crippen molar-refractivity contribution in [1.82, 2.24) is 9.13 Å². The third-order valence-electron chi connectivity index (χ3n) is 5.39. The summed E-state index contributed by atoms with van der Waals surface area (Å²) in [5, 5.41) is 19.5. The first-order valence-corrected chi connectivity index (χ1v) is 9.97. The number of aromatic nitrogens is 2. The molecular formula is C22H26N4O3. The maximum atomic E-state index is 12.5. The molecule has 2 N–H and O–H groups in total. The third kappa shape index (κ3) is 3.81. The lowest BCUT2D eigenvalue weighted by Gasteiger charge is -2.37. The number of hydrogen-bond acceptors (Lipinski definition) is 5. The number of anilines is 2. The van der Waals surface area contributed by atoms with E-state index in [0.717, 1.165) is 49.7 Å². The van der Waals surface area contributed by atoms with Gasteiger partial charge in [0.25, 0.3) is 0 Å².